The predicted molar refractivity (Wildman–Crippen MR) is 50.0 cm³/mol. The van der Waals surface area contributed by atoms with Crippen LogP contribution in [-0.4, -0.2) is 0 Å². The number of hydrogen-bond acceptors (Lipinski definition) is 0. The molecule has 1 saturated carbocycles. The third-order valence-electron chi connectivity index (χ3n) is 3.32. The Balaban J connectivity index is 2.13. The Labute approximate surface area is 73.6 Å². The van der Waals surface area contributed by atoms with Gasteiger partial charge in [-0.15, -0.1) is 0 Å². The Morgan fingerprint density at radius 1 is 1.17 bits per heavy atom. The van der Waals surface area contributed by atoms with E-state index in [2.05, 4.69) is 24.3 Å². The molecule has 3 rings (SSSR count). The molecule has 1 unspecified atom stereocenters. The van der Waals surface area contributed by atoms with Gasteiger partial charge in [0.1, 0.15) is 0 Å². The Morgan fingerprint density at radius 3 is 3.08 bits per heavy atom. The highest BCUT2D eigenvalue weighted by atomic mass is 14.4. The molecular weight excluding hydrogens is 144 g/mol. The molecule has 1 radical (unpaired) electrons. The van der Waals surface area contributed by atoms with E-state index < -0.39 is 0 Å². The van der Waals surface area contributed by atoms with E-state index in [-0.39, 0.29) is 0 Å². The summed E-state index contributed by atoms with van der Waals surface area (Å²) in [5, 5.41) is 0. The molecule has 0 heteroatoms. The summed E-state index contributed by atoms with van der Waals surface area (Å²) in [7, 11) is 0. The molecule has 1 aromatic carbocycles. The summed E-state index contributed by atoms with van der Waals surface area (Å²) < 4.78 is 0. The van der Waals surface area contributed by atoms with Gasteiger partial charge in [0.05, 0.1) is 0 Å². The first-order valence-electron chi connectivity index (χ1n) is 4.85. The molecule has 1 aromatic rings. The second-order valence-corrected chi connectivity index (χ2v) is 4.07. The van der Waals surface area contributed by atoms with E-state index in [9.17, 15) is 0 Å². The molecular formula is C12H13. The lowest BCUT2D eigenvalue weighted by molar-refractivity contribution is 0.687. The van der Waals surface area contributed by atoms with Crippen molar-refractivity contribution < 1.29 is 0 Å². The maximum atomic E-state index is 2.32. The summed E-state index contributed by atoms with van der Waals surface area (Å²) in [6.45, 7) is 0. The molecule has 2 aliphatic rings. The minimum atomic E-state index is 0.880. The van der Waals surface area contributed by atoms with Gasteiger partial charge in [-0.3, -0.25) is 0 Å². The molecule has 2 bridgehead atoms. The second-order valence-electron chi connectivity index (χ2n) is 4.07. The van der Waals surface area contributed by atoms with Gasteiger partial charge in [-0.2, -0.15) is 0 Å². The number of fused-ring (bicyclic) bond motifs is 4. The maximum absolute atomic E-state index is 2.32. The van der Waals surface area contributed by atoms with Gasteiger partial charge >= 0.3 is 0 Å². The van der Waals surface area contributed by atoms with Crippen molar-refractivity contribution in [2.24, 2.45) is 0 Å². The Kier molecular flexibility index (Phi) is 1.31. The first kappa shape index (κ1) is 6.71. The van der Waals surface area contributed by atoms with Crippen LogP contribution in [-0.2, 0) is 6.42 Å². The monoisotopic (exact) mass is 157 g/mol. The summed E-state index contributed by atoms with van der Waals surface area (Å²) in [5.74, 6) is 2.67. The lowest BCUT2D eigenvalue weighted by Gasteiger charge is -2.21. The Hall–Kier alpha value is -0.780. The van der Waals surface area contributed by atoms with Gasteiger partial charge in [0.25, 0.3) is 0 Å². The van der Waals surface area contributed by atoms with E-state index in [0.29, 0.717) is 0 Å². The summed E-state index contributed by atoms with van der Waals surface area (Å²) >= 11 is 0. The summed E-state index contributed by atoms with van der Waals surface area (Å²) in [6.07, 6.45) is 5.45. The smallest absolute Gasteiger partial charge is 0.0153 e. The standard InChI is InChI=1S/C12H13/c1-2-4-12-10(3-1)7-9-5-6-11(12)8-9/h1-4,11H,5-8H2. The lowest BCUT2D eigenvalue weighted by Crippen LogP contribution is -2.08. The van der Waals surface area contributed by atoms with E-state index in [0.717, 1.165) is 5.92 Å². The third kappa shape index (κ3) is 0.841. The Morgan fingerprint density at radius 2 is 2.08 bits per heavy atom. The van der Waals surface area contributed by atoms with Crippen molar-refractivity contribution in [2.45, 2.75) is 31.6 Å². The van der Waals surface area contributed by atoms with Crippen molar-refractivity contribution in [3.05, 3.63) is 41.3 Å². The summed E-state index contributed by atoms with van der Waals surface area (Å²) in [4.78, 5) is 0. The first-order valence-corrected chi connectivity index (χ1v) is 4.85. The summed E-state index contributed by atoms with van der Waals surface area (Å²) in [6, 6.07) is 8.97. The van der Waals surface area contributed by atoms with Crippen LogP contribution in [0.4, 0.5) is 0 Å². The van der Waals surface area contributed by atoms with Crippen LogP contribution in [0.2, 0.25) is 0 Å². The normalized spacial score (nSPS) is 27.2. The molecule has 0 aromatic heterocycles. The van der Waals surface area contributed by atoms with Crippen molar-refractivity contribution in [2.75, 3.05) is 0 Å². The van der Waals surface area contributed by atoms with Gasteiger partial charge < -0.3 is 0 Å². The van der Waals surface area contributed by atoms with E-state index in [1.54, 1.807) is 17.0 Å². The van der Waals surface area contributed by atoms with Crippen LogP contribution >= 0.6 is 0 Å². The number of benzene rings is 1. The van der Waals surface area contributed by atoms with Gasteiger partial charge in [-0.1, -0.05) is 24.3 Å². The summed E-state index contributed by atoms with van der Waals surface area (Å²) in [5.41, 5.74) is 3.24. The largest absolute Gasteiger partial charge is 0.0620 e. The average molecular weight is 157 g/mol. The first-order chi connectivity index (χ1) is 5.93. The number of rotatable bonds is 0. The van der Waals surface area contributed by atoms with Crippen LogP contribution in [0.1, 0.15) is 36.3 Å². The van der Waals surface area contributed by atoms with Gasteiger partial charge in [-0.05, 0) is 48.6 Å². The molecule has 1 atom stereocenters. The second kappa shape index (κ2) is 2.35. The Bertz CT molecular complexity index is 301. The molecule has 0 N–H and O–H groups in total. The van der Waals surface area contributed by atoms with Crippen molar-refractivity contribution in [3.63, 3.8) is 0 Å². The molecule has 12 heavy (non-hydrogen) atoms. The van der Waals surface area contributed by atoms with Crippen LogP contribution in [0, 0.1) is 5.92 Å². The molecule has 0 aliphatic heterocycles. The number of hydrogen-bond donors (Lipinski definition) is 0. The zero-order valence-electron chi connectivity index (χ0n) is 7.22. The highest BCUT2D eigenvalue weighted by molar-refractivity contribution is 5.38. The molecule has 61 valence electrons. The van der Waals surface area contributed by atoms with Crippen molar-refractivity contribution in [1.82, 2.24) is 0 Å². The van der Waals surface area contributed by atoms with Gasteiger partial charge in [-0.25, -0.2) is 0 Å². The highest BCUT2D eigenvalue weighted by Crippen LogP contribution is 2.46. The molecule has 0 saturated heterocycles. The average Bonchev–Trinajstić information content (AvgIpc) is 2.49. The molecule has 0 nitrogen and oxygen atoms in total. The van der Waals surface area contributed by atoms with Gasteiger partial charge in [0.2, 0.25) is 0 Å². The van der Waals surface area contributed by atoms with Crippen molar-refractivity contribution in [3.8, 4) is 0 Å². The van der Waals surface area contributed by atoms with Crippen molar-refractivity contribution in [1.29, 1.82) is 0 Å². The molecule has 0 heterocycles. The molecule has 1 fully saturated rings. The predicted octanol–water partition coefficient (Wildman–Crippen LogP) is 3.08. The highest BCUT2D eigenvalue weighted by Gasteiger charge is 2.32. The fourth-order valence-corrected chi connectivity index (χ4v) is 2.72. The lowest BCUT2D eigenvalue weighted by atomic mass is 9.83. The zero-order chi connectivity index (χ0) is 7.97. The fraction of sp³-hybridized carbons (Fsp3) is 0.417. The SMILES string of the molecule is c1ccc2c(c1)C[C]1CCC2C1. The van der Waals surface area contributed by atoms with Crippen LogP contribution in [0.3, 0.4) is 0 Å². The molecule has 0 amide bonds. The zero-order valence-corrected chi connectivity index (χ0v) is 7.22. The van der Waals surface area contributed by atoms with Crippen LogP contribution in [0.5, 0.6) is 0 Å². The maximum Gasteiger partial charge on any atom is -0.0153 e. The molecule has 0 spiro atoms. The topological polar surface area (TPSA) is 0 Å². The van der Waals surface area contributed by atoms with Crippen LogP contribution in [0.25, 0.3) is 0 Å². The molecule has 2 aliphatic carbocycles. The van der Waals surface area contributed by atoms with Crippen LogP contribution in [0.15, 0.2) is 24.3 Å². The van der Waals surface area contributed by atoms with Gasteiger partial charge in [0.15, 0.2) is 0 Å². The van der Waals surface area contributed by atoms with E-state index in [1.807, 2.05) is 0 Å². The van der Waals surface area contributed by atoms with Crippen molar-refractivity contribution >= 4 is 0 Å². The third-order valence-corrected chi connectivity index (χ3v) is 3.32. The quantitative estimate of drug-likeness (QED) is 0.543. The van der Waals surface area contributed by atoms with E-state index in [1.165, 1.54) is 25.7 Å². The van der Waals surface area contributed by atoms with Gasteiger partial charge in [0, 0.05) is 0 Å². The fourth-order valence-electron chi connectivity index (χ4n) is 2.72. The van der Waals surface area contributed by atoms with Crippen LogP contribution < -0.4 is 0 Å². The minimum absolute atomic E-state index is 0.880. The minimum Gasteiger partial charge on any atom is -0.0620 e. The van der Waals surface area contributed by atoms with E-state index in [4.69, 9.17) is 0 Å². The van der Waals surface area contributed by atoms with E-state index >= 15 is 0 Å².